The van der Waals surface area contributed by atoms with Gasteiger partial charge >= 0.3 is 0 Å². The molecule has 0 spiro atoms. The minimum atomic E-state index is -1.34. The van der Waals surface area contributed by atoms with Gasteiger partial charge in [-0.1, -0.05) is 107 Å². The number of hydrogen-bond donors (Lipinski definition) is 3. The highest BCUT2D eigenvalue weighted by Gasteiger charge is 2.65. The monoisotopic (exact) mass is 921 g/mol. The zero-order chi connectivity index (χ0) is 46.1. The number of carbonyl (C=O) groups is 1. The SMILES string of the molecule is C=CCOC12Oc3ccc(OCCSc4ccccc4)cc3C3C(CCCCO)C(CCCCO)C=C(C(=NOCC)CC1N(CCOCCO)C(=O)CCCCCCCCCCC)C32. The van der Waals surface area contributed by atoms with Gasteiger partial charge in [-0.3, -0.25) is 4.79 Å². The number of unbranched alkanes of at least 4 members (excludes halogenated alkanes) is 10. The molecule has 12 heteroatoms. The van der Waals surface area contributed by atoms with Crippen molar-refractivity contribution in [1.29, 1.82) is 0 Å². The molecule has 2 aromatic rings. The first-order valence-corrected chi connectivity index (χ1v) is 25.9. The molecule has 0 bridgehead atoms. The number of thioether (sulfide) groups is 1. The molecular weight excluding hydrogens is 841 g/mol. The smallest absolute Gasteiger partial charge is 0.239 e. The van der Waals surface area contributed by atoms with Crippen LogP contribution in [0.1, 0.15) is 134 Å². The van der Waals surface area contributed by atoms with E-state index >= 15 is 0 Å². The van der Waals surface area contributed by atoms with Crippen LogP contribution in [-0.4, -0.2) is 109 Å². The van der Waals surface area contributed by atoms with E-state index in [1.165, 1.54) is 43.4 Å². The van der Waals surface area contributed by atoms with Crippen LogP contribution >= 0.6 is 11.8 Å². The Hall–Kier alpha value is -3.39. The van der Waals surface area contributed by atoms with Gasteiger partial charge in [0.25, 0.3) is 0 Å². The Labute approximate surface area is 394 Å². The number of allylic oxidation sites excluding steroid dienone is 1. The van der Waals surface area contributed by atoms with E-state index in [9.17, 15) is 20.1 Å². The molecule has 1 fully saturated rings. The van der Waals surface area contributed by atoms with E-state index in [2.05, 4.69) is 37.8 Å². The molecule has 5 rings (SSSR count). The Bertz CT molecular complexity index is 1740. The van der Waals surface area contributed by atoms with Gasteiger partial charge in [0.2, 0.25) is 11.7 Å². The summed E-state index contributed by atoms with van der Waals surface area (Å²) in [4.78, 5) is 23.9. The lowest BCUT2D eigenvalue weighted by atomic mass is 9.55. The van der Waals surface area contributed by atoms with E-state index in [1.807, 2.05) is 42.2 Å². The maximum Gasteiger partial charge on any atom is 0.239 e. The van der Waals surface area contributed by atoms with E-state index in [0.717, 1.165) is 73.3 Å². The Morgan fingerprint density at radius 1 is 0.892 bits per heavy atom. The quantitative estimate of drug-likeness (QED) is 0.0269. The summed E-state index contributed by atoms with van der Waals surface area (Å²) in [6.07, 6.45) is 20.0. The van der Waals surface area contributed by atoms with E-state index in [0.29, 0.717) is 44.6 Å². The van der Waals surface area contributed by atoms with Gasteiger partial charge in [-0.15, -0.1) is 18.3 Å². The van der Waals surface area contributed by atoms with Crippen LogP contribution in [0.5, 0.6) is 11.5 Å². The Kier molecular flexibility index (Phi) is 23.8. The zero-order valence-electron chi connectivity index (χ0n) is 39.6. The maximum absolute atomic E-state index is 14.9. The number of carbonyl (C=O) groups excluding carboxylic acids is 1. The third-order valence-corrected chi connectivity index (χ3v) is 14.2. The second-order valence-electron chi connectivity index (χ2n) is 17.7. The molecule has 1 aliphatic heterocycles. The molecule has 0 aromatic heterocycles. The summed E-state index contributed by atoms with van der Waals surface area (Å²) in [7, 11) is 0. The molecule has 6 unspecified atom stereocenters. The Morgan fingerprint density at radius 3 is 2.34 bits per heavy atom. The van der Waals surface area contributed by atoms with Crippen LogP contribution in [0.4, 0.5) is 0 Å². The van der Waals surface area contributed by atoms with E-state index in [4.69, 9.17) is 28.9 Å². The molecule has 0 radical (unpaired) electrons. The molecular formula is C53H80N2O9S. The van der Waals surface area contributed by atoms with Gasteiger partial charge in [0.05, 0.1) is 44.7 Å². The van der Waals surface area contributed by atoms with Crippen molar-refractivity contribution in [1.82, 2.24) is 4.90 Å². The van der Waals surface area contributed by atoms with Crippen LogP contribution in [0, 0.1) is 17.8 Å². The van der Waals surface area contributed by atoms with Gasteiger partial charge in [-0.2, -0.15) is 0 Å². The molecule has 1 heterocycles. The summed E-state index contributed by atoms with van der Waals surface area (Å²) in [6.45, 7) is 10.2. The van der Waals surface area contributed by atoms with Crippen molar-refractivity contribution in [3.63, 3.8) is 0 Å². The topological polar surface area (TPSA) is 140 Å². The number of ether oxygens (including phenoxy) is 4. The van der Waals surface area contributed by atoms with Crippen molar-refractivity contribution >= 4 is 23.4 Å². The van der Waals surface area contributed by atoms with Crippen LogP contribution in [0.15, 0.2) is 82.9 Å². The van der Waals surface area contributed by atoms with E-state index < -0.39 is 17.7 Å². The molecule has 2 aromatic carbocycles. The number of rotatable bonds is 34. The van der Waals surface area contributed by atoms with Crippen LogP contribution in [0.2, 0.25) is 0 Å². The average molecular weight is 921 g/mol. The lowest BCUT2D eigenvalue weighted by Crippen LogP contribution is -2.70. The van der Waals surface area contributed by atoms with Crippen LogP contribution in [0.25, 0.3) is 0 Å². The highest BCUT2D eigenvalue weighted by Crippen LogP contribution is 2.62. The molecule has 11 nitrogen and oxygen atoms in total. The number of benzene rings is 2. The molecule has 1 amide bonds. The highest BCUT2D eigenvalue weighted by atomic mass is 32.2. The van der Waals surface area contributed by atoms with Crippen molar-refractivity contribution < 1.29 is 43.9 Å². The number of hydrogen-bond acceptors (Lipinski definition) is 11. The van der Waals surface area contributed by atoms with Crippen molar-refractivity contribution in [3.05, 3.63) is 78.4 Å². The first kappa shape index (κ1) is 52.6. The first-order chi connectivity index (χ1) is 32.0. The summed E-state index contributed by atoms with van der Waals surface area (Å²) in [5.74, 6) is 0.618. The van der Waals surface area contributed by atoms with Crippen LogP contribution < -0.4 is 9.47 Å². The summed E-state index contributed by atoms with van der Waals surface area (Å²) in [6, 6.07) is 15.9. The second kappa shape index (κ2) is 29.4. The molecule has 65 heavy (non-hydrogen) atoms. The summed E-state index contributed by atoms with van der Waals surface area (Å²) in [5, 5.41) is 34.4. The number of aliphatic hydroxyl groups is 3. The third-order valence-electron chi connectivity index (χ3n) is 13.2. The number of nitrogens with zero attached hydrogens (tertiary/aromatic N) is 2. The van der Waals surface area contributed by atoms with Gasteiger partial charge in [-0.05, 0) is 86.8 Å². The summed E-state index contributed by atoms with van der Waals surface area (Å²) in [5.41, 5.74) is 2.82. The summed E-state index contributed by atoms with van der Waals surface area (Å²) < 4.78 is 26.9. The first-order valence-electron chi connectivity index (χ1n) is 24.9. The van der Waals surface area contributed by atoms with Gasteiger partial charge in [0.15, 0.2) is 0 Å². The molecule has 2 aliphatic carbocycles. The fraction of sp³-hybridized carbons (Fsp3) is 0.660. The normalized spacial score (nSPS) is 22.7. The van der Waals surface area contributed by atoms with Crippen molar-refractivity contribution in [2.45, 2.75) is 146 Å². The number of fused-ring (bicyclic) bond motifs is 2. The Morgan fingerprint density at radius 2 is 1.63 bits per heavy atom. The standard InChI is InChI=1S/C53H80N2O9S/c1-4-7-8-9-10-11-12-13-17-26-50(59)55(29-34-60-35-32-58)49-40-47(54-63-6-3)45-38-41(22-18-20-30-56)44(25-19-21-31-57)51-46-39-42(61-36-37-65-43-23-15-14-16-24-43)27-28-48(46)64-53(49,52(45)51)62-33-5-2/h5,14-16,23-24,27-28,38-39,41,44,49,51-52,56-58H,2,4,6-13,17-22,25-26,29-37,40H2,1,3H3. The molecule has 3 N–H and O–H groups in total. The van der Waals surface area contributed by atoms with Gasteiger partial charge in [0.1, 0.15) is 24.1 Å². The van der Waals surface area contributed by atoms with Crippen molar-refractivity contribution in [3.8, 4) is 11.5 Å². The molecule has 0 saturated heterocycles. The zero-order valence-corrected chi connectivity index (χ0v) is 40.4. The maximum atomic E-state index is 14.9. The third kappa shape index (κ3) is 15.1. The Balaban J connectivity index is 1.59. The van der Waals surface area contributed by atoms with Crippen LogP contribution in [-0.2, 0) is 19.1 Å². The molecule has 6 atom stereocenters. The fourth-order valence-electron chi connectivity index (χ4n) is 10.2. The fourth-order valence-corrected chi connectivity index (χ4v) is 11.0. The van der Waals surface area contributed by atoms with Gasteiger partial charge in [0, 0.05) is 54.7 Å². The highest BCUT2D eigenvalue weighted by molar-refractivity contribution is 7.99. The number of oxime groups is 1. The van der Waals surface area contributed by atoms with Gasteiger partial charge in [-0.25, -0.2) is 0 Å². The average Bonchev–Trinajstić information content (AvgIpc) is 3.32. The molecule has 3 aliphatic rings. The predicted octanol–water partition coefficient (Wildman–Crippen LogP) is 10.3. The minimum Gasteiger partial charge on any atom is -0.493 e. The minimum absolute atomic E-state index is 0.00978. The van der Waals surface area contributed by atoms with E-state index in [-0.39, 0.29) is 69.8 Å². The largest absolute Gasteiger partial charge is 0.493 e. The van der Waals surface area contributed by atoms with Crippen LogP contribution in [0.3, 0.4) is 0 Å². The van der Waals surface area contributed by atoms with Crippen molar-refractivity contribution in [2.75, 3.05) is 65.2 Å². The van der Waals surface area contributed by atoms with Gasteiger partial charge < -0.3 is 44.0 Å². The lowest BCUT2D eigenvalue weighted by Gasteiger charge is -2.60. The predicted molar refractivity (Wildman–Crippen MR) is 261 cm³/mol. The molecule has 1 saturated carbocycles. The second-order valence-corrected chi connectivity index (χ2v) is 18.9. The summed E-state index contributed by atoms with van der Waals surface area (Å²) >= 11 is 1.76. The number of amides is 1. The molecule has 362 valence electrons. The van der Waals surface area contributed by atoms with Crippen molar-refractivity contribution in [2.24, 2.45) is 22.9 Å². The van der Waals surface area contributed by atoms with E-state index in [1.54, 1.807) is 17.8 Å². The lowest BCUT2D eigenvalue weighted by molar-refractivity contribution is -0.258. The number of aliphatic hydroxyl groups excluding tert-OH is 3.